The van der Waals surface area contributed by atoms with Gasteiger partial charge in [-0.05, 0) is 56.2 Å². The van der Waals surface area contributed by atoms with E-state index in [2.05, 4.69) is 46.2 Å². The van der Waals surface area contributed by atoms with Crippen LogP contribution in [0.2, 0.25) is 0 Å². The lowest BCUT2D eigenvalue weighted by Crippen LogP contribution is -2.61. The van der Waals surface area contributed by atoms with E-state index in [1.807, 2.05) is 17.0 Å². The Kier molecular flexibility index (Phi) is 7.97. The number of likely N-dealkylation sites (tertiary alicyclic amines) is 1. The van der Waals surface area contributed by atoms with Crippen molar-refractivity contribution in [2.24, 2.45) is 5.92 Å². The Balaban J connectivity index is 1.39. The normalized spacial score (nSPS) is 25.3. The average molecular weight is 494 g/mol. The maximum absolute atomic E-state index is 11.9. The summed E-state index contributed by atoms with van der Waals surface area (Å²) in [5.74, 6) is 1.70. The first kappa shape index (κ1) is 24.9. The van der Waals surface area contributed by atoms with Crippen LogP contribution in [0.15, 0.2) is 48.5 Å². The number of amides is 1. The molecule has 1 unspecified atom stereocenters. The molecule has 2 saturated heterocycles. The van der Waals surface area contributed by atoms with Gasteiger partial charge >= 0.3 is 0 Å². The highest BCUT2D eigenvalue weighted by molar-refractivity contribution is 5.57. The molecule has 1 amide bonds. The highest BCUT2D eigenvalue weighted by Gasteiger charge is 2.42. The summed E-state index contributed by atoms with van der Waals surface area (Å²) in [5.41, 5.74) is 2.42. The third-order valence-electron chi connectivity index (χ3n) is 8.18. The van der Waals surface area contributed by atoms with E-state index in [0.29, 0.717) is 6.54 Å². The monoisotopic (exact) mass is 493 g/mol. The van der Waals surface area contributed by atoms with Gasteiger partial charge < -0.3 is 24.4 Å². The van der Waals surface area contributed by atoms with E-state index in [0.717, 1.165) is 68.9 Å². The van der Waals surface area contributed by atoms with Crippen LogP contribution in [-0.2, 0) is 11.2 Å². The molecule has 3 aliphatic rings. The van der Waals surface area contributed by atoms with E-state index in [1.54, 1.807) is 7.11 Å². The van der Waals surface area contributed by atoms with Gasteiger partial charge in [-0.2, -0.15) is 0 Å². The molecule has 1 saturated carbocycles. The minimum Gasteiger partial charge on any atom is -0.493 e. The fourth-order valence-electron chi connectivity index (χ4n) is 6.29. The SMILES string of the molecule is COc1ccc(N2CCN(C3[C@H](CO)CCN3C=O)[C@@H](Cc3ccccc3)C2)cc1OC1CCCC1. The number of piperazine rings is 1. The van der Waals surface area contributed by atoms with Crippen LogP contribution < -0.4 is 14.4 Å². The number of methoxy groups -OCH3 is 1. The first-order chi connectivity index (χ1) is 17.7. The number of rotatable bonds is 9. The lowest BCUT2D eigenvalue weighted by molar-refractivity contribution is -0.124. The van der Waals surface area contributed by atoms with E-state index < -0.39 is 0 Å². The first-order valence-corrected chi connectivity index (χ1v) is 13.4. The third-order valence-corrected chi connectivity index (χ3v) is 8.18. The average Bonchev–Trinajstić information content (AvgIpc) is 3.59. The molecule has 3 atom stereocenters. The smallest absolute Gasteiger partial charge is 0.210 e. The number of nitrogens with zero attached hydrogens (tertiary/aromatic N) is 3. The highest BCUT2D eigenvalue weighted by atomic mass is 16.5. The Morgan fingerprint density at radius 1 is 1.00 bits per heavy atom. The number of aliphatic hydroxyl groups excluding tert-OH is 1. The molecule has 36 heavy (non-hydrogen) atoms. The zero-order chi connectivity index (χ0) is 24.9. The van der Waals surface area contributed by atoms with Gasteiger partial charge in [0.15, 0.2) is 11.5 Å². The molecule has 2 aliphatic heterocycles. The van der Waals surface area contributed by atoms with E-state index >= 15 is 0 Å². The number of hydrogen-bond acceptors (Lipinski definition) is 6. The molecule has 7 heteroatoms. The molecular formula is C29H39N3O4. The second-order valence-corrected chi connectivity index (χ2v) is 10.4. The fraction of sp³-hybridized carbons (Fsp3) is 0.552. The van der Waals surface area contributed by atoms with E-state index in [9.17, 15) is 9.90 Å². The van der Waals surface area contributed by atoms with Gasteiger partial charge in [-0.15, -0.1) is 0 Å². The Bertz CT molecular complexity index is 997. The van der Waals surface area contributed by atoms with Crippen molar-refractivity contribution >= 4 is 12.1 Å². The molecule has 194 valence electrons. The van der Waals surface area contributed by atoms with Crippen molar-refractivity contribution in [2.75, 3.05) is 44.8 Å². The second kappa shape index (κ2) is 11.5. The van der Waals surface area contributed by atoms with E-state index in [-0.39, 0.29) is 30.8 Å². The predicted octanol–water partition coefficient (Wildman–Crippen LogP) is 3.55. The highest BCUT2D eigenvalue weighted by Crippen LogP contribution is 2.37. The number of carbonyl (C=O) groups excluding carboxylic acids is 1. The molecular weight excluding hydrogens is 454 g/mol. The third kappa shape index (κ3) is 5.32. The topological polar surface area (TPSA) is 65.5 Å². The number of aliphatic hydroxyl groups is 1. The molecule has 2 aromatic carbocycles. The van der Waals surface area contributed by atoms with Crippen molar-refractivity contribution in [1.29, 1.82) is 0 Å². The van der Waals surface area contributed by atoms with Gasteiger partial charge in [0, 0.05) is 56.5 Å². The van der Waals surface area contributed by atoms with Gasteiger partial charge in [0.05, 0.1) is 19.4 Å². The Labute approximate surface area is 214 Å². The quantitative estimate of drug-likeness (QED) is 0.539. The lowest BCUT2D eigenvalue weighted by atomic mass is 9.97. The number of ether oxygens (including phenoxy) is 2. The maximum atomic E-state index is 11.9. The van der Waals surface area contributed by atoms with Gasteiger partial charge in [-0.3, -0.25) is 9.69 Å². The number of anilines is 1. The molecule has 2 aromatic rings. The zero-order valence-electron chi connectivity index (χ0n) is 21.3. The van der Waals surface area contributed by atoms with Crippen LogP contribution in [0.3, 0.4) is 0 Å². The molecule has 1 N–H and O–H groups in total. The van der Waals surface area contributed by atoms with Crippen LogP contribution in [0.1, 0.15) is 37.7 Å². The number of carbonyl (C=O) groups is 1. The Morgan fingerprint density at radius 3 is 2.53 bits per heavy atom. The van der Waals surface area contributed by atoms with E-state index in [1.165, 1.54) is 18.4 Å². The minimum atomic E-state index is -0.0551. The van der Waals surface area contributed by atoms with Crippen LogP contribution in [0.25, 0.3) is 0 Å². The lowest BCUT2D eigenvalue weighted by Gasteiger charge is -2.48. The molecule has 0 bridgehead atoms. The maximum Gasteiger partial charge on any atom is 0.210 e. The summed E-state index contributed by atoms with van der Waals surface area (Å²) < 4.78 is 12.0. The Hall–Kier alpha value is -2.77. The molecule has 0 aromatic heterocycles. The molecule has 7 nitrogen and oxygen atoms in total. The molecule has 3 fully saturated rings. The molecule has 5 rings (SSSR count). The van der Waals surface area contributed by atoms with Crippen LogP contribution in [0.4, 0.5) is 5.69 Å². The van der Waals surface area contributed by atoms with Gasteiger partial charge in [0.2, 0.25) is 6.41 Å². The summed E-state index contributed by atoms with van der Waals surface area (Å²) in [7, 11) is 1.70. The van der Waals surface area contributed by atoms with Crippen molar-refractivity contribution in [3.8, 4) is 11.5 Å². The first-order valence-electron chi connectivity index (χ1n) is 13.4. The van der Waals surface area contributed by atoms with E-state index in [4.69, 9.17) is 9.47 Å². The summed E-state index contributed by atoms with van der Waals surface area (Å²) in [6.07, 6.45) is 7.57. The minimum absolute atomic E-state index is 0.0551. The second-order valence-electron chi connectivity index (χ2n) is 10.4. The number of benzene rings is 2. The van der Waals surface area contributed by atoms with Gasteiger partial charge in [-0.1, -0.05) is 30.3 Å². The molecule has 0 radical (unpaired) electrons. The predicted molar refractivity (Wildman–Crippen MR) is 140 cm³/mol. The summed E-state index contributed by atoms with van der Waals surface area (Å²) in [4.78, 5) is 18.7. The molecule has 2 heterocycles. The van der Waals surface area contributed by atoms with Crippen LogP contribution >= 0.6 is 0 Å². The van der Waals surface area contributed by atoms with Crippen molar-refractivity contribution < 1.29 is 19.4 Å². The van der Waals surface area contributed by atoms with Gasteiger partial charge in [0.1, 0.15) is 0 Å². The standard InChI is InChI=1S/C29H39N3O4/c1-35-27-12-11-24(18-28(27)36-26-9-5-6-10-26)30-15-16-32(29-23(20-33)13-14-31(29)21-34)25(19-30)17-22-7-3-2-4-8-22/h2-4,7-8,11-12,18,21,23,25-26,29,33H,5-6,9-10,13-17,19-20H2,1H3/t23-,25-,29?/m0/s1. The summed E-state index contributed by atoms with van der Waals surface area (Å²) in [6, 6.07) is 17.1. The molecule has 1 aliphatic carbocycles. The van der Waals surface area contributed by atoms with Crippen LogP contribution in [-0.4, -0.2) is 79.5 Å². The van der Waals surface area contributed by atoms with Gasteiger partial charge in [0.25, 0.3) is 0 Å². The molecule has 0 spiro atoms. The summed E-state index contributed by atoms with van der Waals surface area (Å²) in [5, 5.41) is 10.1. The van der Waals surface area contributed by atoms with Crippen molar-refractivity contribution in [3.63, 3.8) is 0 Å². The van der Waals surface area contributed by atoms with Crippen LogP contribution in [0.5, 0.6) is 11.5 Å². The van der Waals surface area contributed by atoms with Crippen molar-refractivity contribution in [1.82, 2.24) is 9.80 Å². The van der Waals surface area contributed by atoms with Crippen LogP contribution in [0, 0.1) is 5.92 Å². The number of hydrogen-bond donors (Lipinski definition) is 1. The summed E-state index contributed by atoms with van der Waals surface area (Å²) in [6.45, 7) is 3.33. The summed E-state index contributed by atoms with van der Waals surface area (Å²) >= 11 is 0. The van der Waals surface area contributed by atoms with Gasteiger partial charge in [-0.25, -0.2) is 0 Å². The van der Waals surface area contributed by atoms with Crippen molar-refractivity contribution in [3.05, 3.63) is 54.1 Å². The van der Waals surface area contributed by atoms with Crippen molar-refractivity contribution in [2.45, 2.75) is 56.8 Å². The Morgan fingerprint density at radius 2 is 1.81 bits per heavy atom. The fourth-order valence-corrected chi connectivity index (χ4v) is 6.29. The zero-order valence-corrected chi connectivity index (χ0v) is 21.3. The largest absolute Gasteiger partial charge is 0.493 e.